The number of carbonyl (C=O) groups excluding carboxylic acids is 1. The number of hydrogen-bond acceptors (Lipinski definition) is 6. The summed E-state index contributed by atoms with van der Waals surface area (Å²) in [6, 6.07) is 10.7. The molecule has 0 unspecified atom stereocenters. The standard InChI is InChI=1S/C18H13NO5S2/c1-24-14-8-10(2-7-13(14)20)9-15-16(21)19(18(25)26-15)12-5-3-11(4-6-12)17(22)23/h2-9,20H,1H3,(H,22,23)/b15-9+. The Kier molecular flexibility index (Phi) is 4.97. The van der Waals surface area contributed by atoms with Crippen molar-refractivity contribution in [3.63, 3.8) is 0 Å². The van der Waals surface area contributed by atoms with E-state index in [1.165, 1.54) is 30.2 Å². The van der Waals surface area contributed by atoms with E-state index in [9.17, 15) is 14.7 Å². The molecule has 1 fully saturated rings. The number of thiocarbonyl (C=S) groups is 1. The van der Waals surface area contributed by atoms with Crippen LogP contribution in [-0.2, 0) is 4.79 Å². The van der Waals surface area contributed by atoms with E-state index in [0.29, 0.717) is 26.2 Å². The molecule has 3 rings (SSSR count). The summed E-state index contributed by atoms with van der Waals surface area (Å²) < 4.78 is 5.42. The van der Waals surface area contributed by atoms with Gasteiger partial charge in [0.05, 0.1) is 23.3 Å². The first kappa shape index (κ1) is 18.0. The topological polar surface area (TPSA) is 87.1 Å². The molecule has 0 atom stereocenters. The van der Waals surface area contributed by atoms with Crippen molar-refractivity contribution in [2.75, 3.05) is 12.0 Å². The van der Waals surface area contributed by atoms with Crippen LogP contribution >= 0.6 is 24.0 Å². The van der Waals surface area contributed by atoms with Crippen LogP contribution in [0.3, 0.4) is 0 Å². The van der Waals surface area contributed by atoms with Crippen molar-refractivity contribution >= 4 is 51.9 Å². The molecule has 2 N–H and O–H groups in total. The van der Waals surface area contributed by atoms with Gasteiger partial charge in [-0.15, -0.1) is 0 Å². The molecule has 1 heterocycles. The lowest BCUT2D eigenvalue weighted by atomic mass is 10.1. The van der Waals surface area contributed by atoms with Crippen molar-refractivity contribution in [1.29, 1.82) is 0 Å². The lowest BCUT2D eigenvalue weighted by molar-refractivity contribution is -0.113. The molecule has 0 spiro atoms. The molecular formula is C18H13NO5S2. The van der Waals surface area contributed by atoms with Crippen LogP contribution in [0.5, 0.6) is 11.5 Å². The summed E-state index contributed by atoms with van der Waals surface area (Å²) in [6.07, 6.45) is 1.66. The van der Waals surface area contributed by atoms with Gasteiger partial charge in [-0.3, -0.25) is 9.69 Å². The largest absolute Gasteiger partial charge is 0.504 e. The lowest BCUT2D eigenvalue weighted by Crippen LogP contribution is -2.27. The third-order valence-corrected chi connectivity index (χ3v) is 4.97. The Morgan fingerprint density at radius 2 is 1.92 bits per heavy atom. The third kappa shape index (κ3) is 3.42. The zero-order valence-corrected chi connectivity index (χ0v) is 15.1. The second-order valence-electron chi connectivity index (χ2n) is 5.30. The first-order chi connectivity index (χ1) is 12.4. The molecule has 2 aromatic rings. The third-order valence-electron chi connectivity index (χ3n) is 3.67. The minimum absolute atomic E-state index is 0.00993. The summed E-state index contributed by atoms with van der Waals surface area (Å²) in [5, 5.41) is 18.6. The maximum absolute atomic E-state index is 12.7. The van der Waals surface area contributed by atoms with Gasteiger partial charge in [-0.05, 0) is 48.0 Å². The van der Waals surface area contributed by atoms with Crippen LogP contribution in [0.1, 0.15) is 15.9 Å². The summed E-state index contributed by atoms with van der Waals surface area (Å²) in [5.41, 5.74) is 1.32. The fourth-order valence-corrected chi connectivity index (χ4v) is 3.68. The number of ether oxygens (including phenoxy) is 1. The smallest absolute Gasteiger partial charge is 0.335 e. The van der Waals surface area contributed by atoms with Gasteiger partial charge < -0.3 is 14.9 Å². The summed E-state index contributed by atoms with van der Waals surface area (Å²) in [7, 11) is 1.44. The predicted octanol–water partition coefficient (Wildman–Crippen LogP) is 3.50. The van der Waals surface area contributed by atoms with Crippen molar-refractivity contribution in [1.82, 2.24) is 0 Å². The molecule has 0 radical (unpaired) electrons. The Bertz CT molecular complexity index is 937. The van der Waals surface area contributed by atoms with Crippen molar-refractivity contribution in [2.45, 2.75) is 0 Å². The highest BCUT2D eigenvalue weighted by Crippen LogP contribution is 2.37. The van der Waals surface area contributed by atoms with Gasteiger partial charge in [0.15, 0.2) is 15.8 Å². The molecule has 26 heavy (non-hydrogen) atoms. The molecule has 0 saturated carbocycles. The van der Waals surface area contributed by atoms with Crippen molar-refractivity contribution in [3.05, 3.63) is 58.5 Å². The minimum Gasteiger partial charge on any atom is -0.504 e. The van der Waals surface area contributed by atoms with Crippen LogP contribution < -0.4 is 9.64 Å². The number of methoxy groups -OCH3 is 1. The number of carbonyl (C=O) groups is 2. The second-order valence-corrected chi connectivity index (χ2v) is 6.98. The molecule has 132 valence electrons. The first-order valence-electron chi connectivity index (χ1n) is 7.39. The van der Waals surface area contributed by atoms with Crippen LogP contribution in [0.25, 0.3) is 6.08 Å². The highest BCUT2D eigenvalue weighted by Gasteiger charge is 2.33. The number of aromatic hydroxyl groups is 1. The van der Waals surface area contributed by atoms with E-state index in [1.807, 2.05) is 0 Å². The van der Waals surface area contributed by atoms with Gasteiger partial charge in [0.2, 0.25) is 0 Å². The number of carboxylic acids is 1. The number of carboxylic acid groups (broad SMARTS) is 1. The Balaban J connectivity index is 1.90. The Morgan fingerprint density at radius 3 is 2.54 bits per heavy atom. The Morgan fingerprint density at radius 1 is 1.23 bits per heavy atom. The van der Waals surface area contributed by atoms with Gasteiger partial charge in [0.25, 0.3) is 5.91 Å². The fourth-order valence-electron chi connectivity index (χ4n) is 2.38. The molecule has 8 heteroatoms. The van der Waals surface area contributed by atoms with E-state index in [0.717, 1.165) is 11.8 Å². The average molecular weight is 387 g/mol. The maximum atomic E-state index is 12.7. The molecule has 1 aliphatic rings. The van der Waals surface area contributed by atoms with Crippen molar-refractivity contribution in [2.24, 2.45) is 0 Å². The van der Waals surface area contributed by atoms with Crippen molar-refractivity contribution < 1.29 is 24.5 Å². The number of phenolic OH excluding ortho intramolecular Hbond substituents is 1. The number of phenols is 1. The zero-order valence-electron chi connectivity index (χ0n) is 13.5. The van der Waals surface area contributed by atoms with Gasteiger partial charge in [0.1, 0.15) is 0 Å². The molecule has 6 nitrogen and oxygen atoms in total. The number of benzene rings is 2. The molecule has 1 aliphatic heterocycles. The number of anilines is 1. The molecule has 1 amide bonds. The number of hydrogen-bond donors (Lipinski definition) is 2. The fraction of sp³-hybridized carbons (Fsp3) is 0.0556. The zero-order chi connectivity index (χ0) is 18.8. The quantitative estimate of drug-likeness (QED) is 0.613. The minimum atomic E-state index is -1.04. The molecule has 0 aliphatic carbocycles. The Labute approximate surface area is 158 Å². The Hall–Kier alpha value is -2.84. The van der Waals surface area contributed by atoms with Gasteiger partial charge in [-0.25, -0.2) is 4.79 Å². The summed E-state index contributed by atoms with van der Waals surface area (Å²) in [4.78, 5) is 25.4. The average Bonchev–Trinajstić information content (AvgIpc) is 2.90. The monoisotopic (exact) mass is 387 g/mol. The SMILES string of the molecule is COc1cc(/C=C2/SC(=S)N(c3ccc(C(=O)O)cc3)C2=O)ccc1O. The van der Waals surface area contributed by atoms with E-state index in [-0.39, 0.29) is 17.2 Å². The van der Waals surface area contributed by atoms with Crippen LogP contribution in [0.2, 0.25) is 0 Å². The number of aromatic carboxylic acids is 1. The highest BCUT2D eigenvalue weighted by atomic mass is 32.2. The van der Waals surface area contributed by atoms with E-state index in [2.05, 4.69) is 0 Å². The van der Waals surface area contributed by atoms with Gasteiger partial charge in [-0.2, -0.15) is 0 Å². The van der Waals surface area contributed by atoms with Crippen LogP contribution in [-0.4, -0.2) is 33.5 Å². The highest BCUT2D eigenvalue weighted by molar-refractivity contribution is 8.27. The number of rotatable bonds is 4. The van der Waals surface area contributed by atoms with Gasteiger partial charge >= 0.3 is 5.97 Å². The van der Waals surface area contributed by atoms with E-state index in [1.54, 1.807) is 30.3 Å². The number of thioether (sulfide) groups is 1. The number of nitrogens with zero attached hydrogens (tertiary/aromatic N) is 1. The molecular weight excluding hydrogens is 374 g/mol. The van der Waals surface area contributed by atoms with Crippen LogP contribution in [0.15, 0.2) is 47.4 Å². The van der Waals surface area contributed by atoms with Gasteiger partial charge in [0, 0.05) is 0 Å². The van der Waals surface area contributed by atoms with Crippen LogP contribution in [0, 0.1) is 0 Å². The normalized spacial score (nSPS) is 15.6. The second kappa shape index (κ2) is 7.19. The lowest BCUT2D eigenvalue weighted by Gasteiger charge is -2.14. The van der Waals surface area contributed by atoms with Gasteiger partial charge in [-0.1, -0.05) is 30.0 Å². The van der Waals surface area contributed by atoms with Crippen molar-refractivity contribution in [3.8, 4) is 11.5 Å². The molecule has 2 aromatic carbocycles. The first-order valence-corrected chi connectivity index (χ1v) is 8.61. The molecule has 0 bridgehead atoms. The van der Waals surface area contributed by atoms with Crippen LogP contribution in [0.4, 0.5) is 5.69 Å². The summed E-state index contributed by atoms with van der Waals surface area (Å²) in [6.45, 7) is 0. The maximum Gasteiger partial charge on any atom is 0.335 e. The van der Waals surface area contributed by atoms with E-state index in [4.69, 9.17) is 22.1 Å². The van der Waals surface area contributed by atoms with E-state index >= 15 is 0 Å². The summed E-state index contributed by atoms with van der Waals surface area (Å²) >= 11 is 6.44. The number of amides is 1. The van der Waals surface area contributed by atoms with E-state index < -0.39 is 5.97 Å². The predicted molar refractivity (Wildman–Crippen MR) is 104 cm³/mol. The molecule has 0 aromatic heterocycles. The molecule has 1 saturated heterocycles. The summed E-state index contributed by atoms with van der Waals surface area (Å²) in [5.74, 6) is -1.02.